The molecule has 4 heterocycles. The van der Waals surface area contributed by atoms with Gasteiger partial charge >= 0.3 is 41.2 Å². The van der Waals surface area contributed by atoms with Gasteiger partial charge in [-0.05, 0) is 35.9 Å². The van der Waals surface area contributed by atoms with E-state index in [1.54, 1.807) is 0 Å². The van der Waals surface area contributed by atoms with Crippen molar-refractivity contribution in [2.45, 2.75) is 24.5 Å². The molecule has 0 radical (unpaired) electrons. The third-order valence-electron chi connectivity index (χ3n) is 10.6. The highest BCUT2D eigenvalue weighted by atomic mass is 31.3. The predicted octanol–water partition coefficient (Wildman–Crippen LogP) is 0.572. The lowest BCUT2D eigenvalue weighted by Gasteiger charge is -2.20. The SMILES string of the molecule is CN(C)c1ccc2c(-c3ccc(C(=O)NCCNC(=O)O[C@@H]4[C@H](O)[C@@H](COP(=O)(O)OP(=O)(O)OP(=O)(O)O)O[C@H]4[n+]4cn(C)c5c(=O)[nH]c(N)nc54)cc3C(=O)O)c3ccc(=[N+](C)C)cc-3oc2c1. The molecule has 0 spiro atoms. The molecule has 1 fully saturated rings. The van der Waals surface area contributed by atoms with E-state index in [9.17, 15) is 52.9 Å². The number of aromatic amines is 1. The minimum atomic E-state index is -5.91. The van der Waals surface area contributed by atoms with E-state index in [1.807, 2.05) is 74.1 Å². The maximum Gasteiger partial charge on any atom is 0.490 e. The van der Waals surface area contributed by atoms with Crippen molar-refractivity contribution in [3.8, 4) is 22.5 Å². The summed E-state index contributed by atoms with van der Waals surface area (Å²) < 4.78 is 69.4. The van der Waals surface area contributed by atoms with E-state index in [2.05, 4.69) is 33.7 Å². The molecule has 3 aliphatic rings. The summed E-state index contributed by atoms with van der Waals surface area (Å²) in [4.78, 5) is 97.7. The number of anilines is 2. The first-order valence-corrected chi connectivity index (χ1v) is 24.9. The minimum Gasteiger partial charge on any atom is -0.478 e. The number of carbonyl (C=O) groups excluding carboxylic acids is 2. The standard InChI is InChI=1S/C39H44N9O19P3/c1-45(2)20-7-10-23-26(15-20)63-27-16-21(46(3)4)8-11-24(27)29(23)22-9-6-19(14-25(22)37(52)53)34(50)41-12-13-42-39(54)65-32-31(49)28(17-62-69(58,59)67-70(60,61)66-68(55,56)57)64-36(32)48-18-47(5)30-33(48)43-38(40)44-35(30)51/h6-11,14-16,18,28,31-32,36,49H,12-13,17H2,1-5H3,(H8-2,40,41,42,43,44,50,51,52,53,54,55,56,57,58,59,60,61)/p+2/t28-,31-,32-,36-/m1/s1. The van der Waals surface area contributed by atoms with Crippen LogP contribution in [0.1, 0.15) is 26.9 Å². The second kappa shape index (κ2) is 19.8. The first-order chi connectivity index (χ1) is 32.7. The maximum absolute atomic E-state index is 13.4. The number of rotatable bonds is 16. The van der Waals surface area contributed by atoms with Crippen LogP contribution in [0.15, 0.2) is 70.1 Å². The summed E-state index contributed by atoms with van der Waals surface area (Å²) in [5.74, 6) is -1.87. The zero-order valence-corrected chi connectivity index (χ0v) is 40.0. The van der Waals surface area contributed by atoms with E-state index >= 15 is 0 Å². The smallest absolute Gasteiger partial charge is 0.478 e. The topological polar surface area (TPSA) is 394 Å². The van der Waals surface area contributed by atoms with Crippen molar-refractivity contribution in [2.24, 2.45) is 7.05 Å². The van der Waals surface area contributed by atoms with Crippen molar-refractivity contribution in [3.63, 3.8) is 0 Å². The molecule has 0 bridgehead atoms. The number of benzene rings is 3. The number of aryl methyl sites for hydroxylation is 1. The fourth-order valence-corrected chi connectivity index (χ4v) is 10.6. The number of nitrogen functional groups attached to an aromatic ring is 1. The van der Waals surface area contributed by atoms with Gasteiger partial charge in [-0.25, -0.2) is 32.4 Å². The number of aromatic nitrogens is 4. The van der Waals surface area contributed by atoms with E-state index < -0.39 is 78.1 Å². The number of aliphatic hydroxyl groups is 1. The summed E-state index contributed by atoms with van der Waals surface area (Å²) in [6.45, 7) is -1.71. The molecule has 1 saturated heterocycles. The number of alkyl carbamates (subject to hydrolysis) is 1. The Bertz CT molecular complexity index is 3310. The van der Waals surface area contributed by atoms with Crippen LogP contribution < -0.4 is 41.3 Å². The second-order valence-corrected chi connectivity index (χ2v) is 20.4. The highest BCUT2D eigenvalue weighted by Gasteiger charge is 2.52. The number of phosphoric ester groups is 1. The van der Waals surface area contributed by atoms with Gasteiger partial charge in [0, 0.05) is 67.1 Å². The number of ether oxygens (including phenoxy) is 2. The largest absolute Gasteiger partial charge is 0.490 e. The molecule has 31 heteroatoms. The van der Waals surface area contributed by atoms with Gasteiger partial charge in [0.05, 0.1) is 25.3 Å². The van der Waals surface area contributed by atoms with Gasteiger partial charge < -0.3 is 64.9 Å². The lowest BCUT2D eigenvalue weighted by Crippen LogP contribution is -2.49. The number of hydrogen-bond acceptors (Lipinski definition) is 17. The first-order valence-electron chi connectivity index (χ1n) is 20.4. The zero-order chi connectivity index (χ0) is 51.2. The molecule has 11 N–H and O–H groups in total. The van der Waals surface area contributed by atoms with Crippen molar-refractivity contribution >= 4 is 75.2 Å². The molecular formula is C39H46N9O19P3+2. The predicted molar refractivity (Wildman–Crippen MR) is 243 cm³/mol. The Morgan fingerprint density at radius 2 is 1.67 bits per heavy atom. The van der Waals surface area contributed by atoms with E-state index in [-0.39, 0.29) is 41.3 Å². The van der Waals surface area contributed by atoms with Gasteiger partial charge in [0.2, 0.25) is 17.1 Å². The van der Waals surface area contributed by atoms with Gasteiger partial charge in [-0.2, -0.15) is 8.62 Å². The number of H-pyrrole nitrogens is 1. The first kappa shape index (κ1) is 51.5. The molecule has 2 aromatic carbocycles. The van der Waals surface area contributed by atoms with Crippen LogP contribution in [-0.4, -0.2) is 128 Å². The van der Waals surface area contributed by atoms with Gasteiger partial charge in [0.25, 0.3) is 17.4 Å². The van der Waals surface area contributed by atoms with Gasteiger partial charge in [-0.1, -0.05) is 11.1 Å². The lowest BCUT2D eigenvalue weighted by molar-refractivity contribution is -0.745. The Balaban J connectivity index is 1.07. The molecule has 6 atom stereocenters. The number of amides is 2. The van der Waals surface area contributed by atoms with Crippen LogP contribution in [0.2, 0.25) is 0 Å². The quantitative estimate of drug-likeness (QED) is 0.0274. The zero-order valence-electron chi connectivity index (χ0n) is 37.3. The summed E-state index contributed by atoms with van der Waals surface area (Å²) >= 11 is 0. The van der Waals surface area contributed by atoms with Crippen molar-refractivity contribution in [3.05, 3.63) is 87.8 Å². The molecule has 1 aliphatic carbocycles. The van der Waals surface area contributed by atoms with E-state index in [0.29, 0.717) is 33.4 Å². The molecule has 4 aromatic rings. The highest BCUT2D eigenvalue weighted by molar-refractivity contribution is 7.66. The van der Waals surface area contributed by atoms with Gasteiger partial charge in [0.1, 0.15) is 37.6 Å². The van der Waals surface area contributed by atoms with Crippen LogP contribution in [0.4, 0.5) is 16.4 Å². The van der Waals surface area contributed by atoms with E-state index in [0.717, 1.165) is 15.6 Å². The normalized spacial score (nSPS) is 18.9. The van der Waals surface area contributed by atoms with Crippen molar-refractivity contribution in [1.29, 1.82) is 0 Å². The molecule has 0 saturated carbocycles. The van der Waals surface area contributed by atoms with Crippen molar-refractivity contribution < 1.29 is 89.5 Å². The van der Waals surface area contributed by atoms with Crippen LogP contribution in [0, 0.1) is 0 Å². The van der Waals surface area contributed by atoms with E-state index in [1.165, 1.54) is 36.1 Å². The van der Waals surface area contributed by atoms with Crippen molar-refractivity contribution in [1.82, 2.24) is 29.7 Å². The molecule has 7 rings (SSSR count). The molecule has 2 unspecified atom stereocenters. The number of imidazole rings is 1. The summed E-state index contributed by atoms with van der Waals surface area (Å²) in [7, 11) is -8.41. The molecule has 374 valence electrons. The summed E-state index contributed by atoms with van der Waals surface area (Å²) in [5, 5.41) is 28.2. The minimum absolute atomic E-state index is 0.0285. The fourth-order valence-electron chi connectivity index (χ4n) is 7.54. The van der Waals surface area contributed by atoms with Crippen LogP contribution in [0.3, 0.4) is 0 Å². The lowest BCUT2D eigenvalue weighted by atomic mass is 9.89. The third-order valence-corrected chi connectivity index (χ3v) is 14.4. The molecule has 2 aromatic heterocycles. The number of fused-ring (bicyclic) bond motifs is 3. The number of carbonyl (C=O) groups is 3. The number of nitrogens with one attached hydrogen (secondary N) is 3. The molecule has 28 nitrogen and oxygen atoms in total. The van der Waals surface area contributed by atoms with E-state index in [4.69, 9.17) is 29.4 Å². The van der Waals surface area contributed by atoms with Crippen LogP contribution in [0.25, 0.3) is 44.6 Å². The highest BCUT2D eigenvalue weighted by Crippen LogP contribution is 2.66. The maximum atomic E-state index is 13.4. The summed E-state index contributed by atoms with van der Waals surface area (Å²) in [6.07, 6.45) is -7.02. The Hall–Kier alpha value is -6.38. The fraction of sp³-hybridized carbons (Fsp3) is 0.308. The Kier molecular flexibility index (Phi) is 14.5. The number of nitrogens with two attached hydrogens (primary N) is 1. The number of aromatic carboxylic acids is 1. The van der Waals surface area contributed by atoms with Crippen LogP contribution >= 0.6 is 23.5 Å². The number of hydrogen-bond donors (Lipinski definition) is 10. The second-order valence-electron chi connectivity index (χ2n) is 15.9. The third kappa shape index (κ3) is 11.3. The molecule has 2 aliphatic heterocycles. The number of phosphoric acid groups is 3. The van der Waals surface area contributed by atoms with Crippen molar-refractivity contribution in [2.75, 3.05) is 58.5 Å². The van der Waals surface area contributed by atoms with Gasteiger partial charge in [0.15, 0.2) is 12.4 Å². The number of carboxylic acids is 1. The molecule has 70 heavy (non-hydrogen) atoms. The van der Waals surface area contributed by atoms with Gasteiger partial charge in [-0.15, -0.1) is 0 Å². The average Bonchev–Trinajstić information content (AvgIpc) is 3.75. The Morgan fingerprint density at radius 1 is 0.971 bits per heavy atom. The average molecular weight is 1040 g/mol. The number of carboxylic acid groups (broad SMARTS) is 1. The Morgan fingerprint density at radius 3 is 2.34 bits per heavy atom. The van der Waals surface area contributed by atoms with Crippen LogP contribution in [0.5, 0.6) is 0 Å². The number of nitrogens with zero attached hydrogens (tertiary/aromatic N) is 5. The Labute approximate surface area is 393 Å². The van der Waals surface area contributed by atoms with Gasteiger partial charge in [-0.3, -0.25) is 23.7 Å². The summed E-state index contributed by atoms with van der Waals surface area (Å²) in [5.41, 5.74) is 7.48. The molecule has 2 amide bonds. The number of aliphatic hydroxyl groups excluding tert-OH is 1. The molecular weight excluding hydrogens is 991 g/mol. The summed E-state index contributed by atoms with van der Waals surface area (Å²) in [6, 6.07) is 15.3. The van der Waals surface area contributed by atoms with Crippen LogP contribution in [-0.2, 0) is 43.4 Å². The monoisotopic (exact) mass is 1040 g/mol.